The fraction of sp³-hybridized carbons (Fsp3) is 0.200. The molecule has 29 heavy (non-hydrogen) atoms. The summed E-state index contributed by atoms with van der Waals surface area (Å²) in [4.78, 5) is 14.2. The van der Waals surface area contributed by atoms with Crippen LogP contribution in [0.2, 0.25) is 0 Å². The van der Waals surface area contributed by atoms with Gasteiger partial charge >= 0.3 is 6.03 Å². The first-order valence-corrected chi connectivity index (χ1v) is 8.86. The number of nitrogens with one attached hydrogen (secondary N) is 1. The fourth-order valence-electron chi connectivity index (χ4n) is 3.37. The van der Waals surface area contributed by atoms with Gasteiger partial charge in [0.1, 0.15) is 5.82 Å². The van der Waals surface area contributed by atoms with Gasteiger partial charge in [-0.15, -0.1) is 0 Å². The molecular formula is C20H16F4N4O. The molecule has 2 amide bonds. The molecule has 150 valence electrons. The number of amides is 2. The normalized spacial score (nSPS) is 15.9. The summed E-state index contributed by atoms with van der Waals surface area (Å²) in [6.45, 7) is 2.41. The molecule has 1 N–H and O–H groups in total. The molecule has 0 fully saturated rings. The molecule has 4 rings (SSSR count). The van der Waals surface area contributed by atoms with E-state index in [-0.39, 0.29) is 24.1 Å². The van der Waals surface area contributed by atoms with Gasteiger partial charge in [0.2, 0.25) is 0 Å². The van der Waals surface area contributed by atoms with Crippen molar-refractivity contribution in [3.05, 3.63) is 71.6 Å². The summed E-state index contributed by atoms with van der Waals surface area (Å²) < 4.78 is 54.9. The SMILES string of the molecule is CC1Cn2ncc(-c3ccc(F)cc3)c2CN1C(=O)Nc1cc(F)c(F)c(F)c1. The average Bonchev–Trinajstić information content (AvgIpc) is 3.08. The van der Waals surface area contributed by atoms with Crippen LogP contribution in [0, 0.1) is 23.3 Å². The van der Waals surface area contributed by atoms with E-state index < -0.39 is 23.5 Å². The molecular weight excluding hydrogens is 388 g/mol. The van der Waals surface area contributed by atoms with Gasteiger partial charge in [-0.1, -0.05) is 12.1 Å². The van der Waals surface area contributed by atoms with Crippen LogP contribution in [0.15, 0.2) is 42.6 Å². The summed E-state index contributed by atoms with van der Waals surface area (Å²) in [5.41, 5.74) is 2.08. The Bertz CT molecular complexity index is 1060. The number of urea groups is 1. The number of anilines is 1. The van der Waals surface area contributed by atoms with E-state index in [0.717, 1.165) is 29.0 Å². The van der Waals surface area contributed by atoms with Crippen LogP contribution in [0.25, 0.3) is 11.1 Å². The maximum Gasteiger partial charge on any atom is 0.322 e. The first-order valence-electron chi connectivity index (χ1n) is 8.86. The van der Waals surface area contributed by atoms with E-state index in [9.17, 15) is 22.4 Å². The monoisotopic (exact) mass is 404 g/mol. The largest absolute Gasteiger partial charge is 0.322 e. The third-order valence-corrected chi connectivity index (χ3v) is 4.89. The van der Waals surface area contributed by atoms with Crippen molar-refractivity contribution in [2.45, 2.75) is 26.1 Å². The number of rotatable bonds is 2. The highest BCUT2D eigenvalue weighted by molar-refractivity contribution is 5.89. The van der Waals surface area contributed by atoms with E-state index in [1.54, 1.807) is 23.0 Å². The number of benzene rings is 2. The quantitative estimate of drug-likeness (QED) is 0.504. The van der Waals surface area contributed by atoms with E-state index in [2.05, 4.69) is 10.4 Å². The highest BCUT2D eigenvalue weighted by Gasteiger charge is 2.30. The summed E-state index contributed by atoms with van der Waals surface area (Å²) in [6.07, 6.45) is 1.65. The third kappa shape index (κ3) is 3.55. The fourth-order valence-corrected chi connectivity index (χ4v) is 3.37. The standard InChI is InChI=1S/C20H16F4N4O/c1-11-9-28-18(15(8-25-28)12-2-4-13(21)5-3-12)10-27(11)20(29)26-14-6-16(22)19(24)17(23)7-14/h2-8,11H,9-10H2,1H3,(H,26,29). The highest BCUT2D eigenvalue weighted by Crippen LogP contribution is 2.29. The number of carbonyl (C=O) groups is 1. The minimum absolute atomic E-state index is 0.184. The van der Waals surface area contributed by atoms with E-state index >= 15 is 0 Å². The Kier molecular flexibility index (Phi) is 4.73. The lowest BCUT2D eigenvalue weighted by molar-refractivity contribution is 0.162. The second-order valence-corrected chi connectivity index (χ2v) is 6.85. The zero-order valence-corrected chi connectivity index (χ0v) is 15.3. The van der Waals surface area contributed by atoms with Crippen LogP contribution in [0.5, 0.6) is 0 Å². The lowest BCUT2D eigenvalue weighted by Crippen LogP contribution is -2.47. The first kappa shape index (κ1) is 19.0. The van der Waals surface area contributed by atoms with Crippen molar-refractivity contribution in [2.75, 3.05) is 5.32 Å². The zero-order valence-electron chi connectivity index (χ0n) is 15.3. The molecule has 0 aliphatic carbocycles. The predicted molar refractivity (Wildman–Crippen MR) is 98.0 cm³/mol. The van der Waals surface area contributed by atoms with Crippen molar-refractivity contribution < 1.29 is 22.4 Å². The van der Waals surface area contributed by atoms with Gasteiger partial charge in [0, 0.05) is 23.4 Å². The first-order chi connectivity index (χ1) is 13.8. The van der Waals surface area contributed by atoms with Crippen LogP contribution in [-0.2, 0) is 13.1 Å². The van der Waals surface area contributed by atoms with Gasteiger partial charge in [-0.05, 0) is 24.6 Å². The maximum atomic E-state index is 13.4. The Morgan fingerprint density at radius 3 is 2.41 bits per heavy atom. The highest BCUT2D eigenvalue weighted by atomic mass is 19.2. The molecule has 0 radical (unpaired) electrons. The number of nitrogens with zero attached hydrogens (tertiary/aromatic N) is 3. The van der Waals surface area contributed by atoms with Crippen molar-refractivity contribution in [1.82, 2.24) is 14.7 Å². The zero-order chi connectivity index (χ0) is 20.7. The summed E-state index contributed by atoms with van der Waals surface area (Å²) in [6, 6.07) is 6.54. The third-order valence-electron chi connectivity index (χ3n) is 4.89. The predicted octanol–water partition coefficient (Wildman–Crippen LogP) is 4.54. The number of hydrogen-bond acceptors (Lipinski definition) is 2. The average molecular weight is 404 g/mol. The van der Waals surface area contributed by atoms with Crippen LogP contribution in [0.4, 0.5) is 28.0 Å². The van der Waals surface area contributed by atoms with Gasteiger partial charge in [0.25, 0.3) is 0 Å². The molecule has 1 aliphatic rings. The molecule has 3 aromatic rings. The summed E-state index contributed by atoms with van der Waals surface area (Å²) in [5, 5.41) is 6.74. The molecule has 2 heterocycles. The summed E-state index contributed by atoms with van der Waals surface area (Å²) in [7, 11) is 0. The maximum absolute atomic E-state index is 13.4. The molecule has 1 atom stereocenters. The molecule has 0 spiro atoms. The van der Waals surface area contributed by atoms with E-state index in [1.165, 1.54) is 17.0 Å². The Hall–Kier alpha value is -3.36. The Labute approximate surface area is 163 Å². The number of hydrogen-bond donors (Lipinski definition) is 1. The van der Waals surface area contributed by atoms with Crippen molar-refractivity contribution in [3.63, 3.8) is 0 Å². The Morgan fingerprint density at radius 1 is 1.10 bits per heavy atom. The Morgan fingerprint density at radius 2 is 1.76 bits per heavy atom. The lowest BCUT2D eigenvalue weighted by atomic mass is 10.0. The van der Waals surface area contributed by atoms with E-state index in [0.29, 0.717) is 6.54 Å². The smallest absolute Gasteiger partial charge is 0.314 e. The summed E-state index contributed by atoms with van der Waals surface area (Å²) >= 11 is 0. The summed E-state index contributed by atoms with van der Waals surface area (Å²) in [5.74, 6) is -4.72. The molecule has 1 aromatic heterocycles. The minimum Gasteiger partial charge on any atom is -0.314 e. The molecule has 0 saturated carbocycles. The molecule has 9 heteroatoms. The lowest BCUT2D eigenvalue weighted by Gasteiger charge is -2.34. The minimum atomic E-state index is -1.60. The van der Waals surface area contributed by atoms with Crippen molar-refractivity contribution in [2.24, 2.45) is 0 Å². The van der Waals surface area contributed by atoms with Crippen molar-refractivity contribution in [1.29, 1.82) is 0 Å². The second-order valence-electron chi connectivity index (χ2n) is 6.85. The molecule has 0 bridgehead atoms. The number of fused-ring (bicyclic) bond motifs is 1. The molecule has 2 aromatic carbocycles. The Balaban J connectivity index is 1.59. The number of aromatic nitrogens is 2. The van der Waals surface area contributed by atoms with Crippen LogP contribution >= 0.6 is 0 Å². The van der Waals surface area contributed by atoms with Gasteiger partial charge in [-0.3, -0.25) is 4.68 Å². The van der Waals surface area contributed by atoms with Gasteiger partial charge in [-0.25, -0.2) is 22.4 Å². The number of halogens is 4. The van der Waals surface area contributed by atoms with E-state index in [4.69, 9.17) is 0 Å². The van der Waals surface area contributed by atoms with Crippen molar-refractivity contribution in [3.8, 4) is 11.1 Å². The van der Waals surface area contributed by atoms with Crippen LogP contribution in [0.1, 0.15) is 12.6 Å². The second kappa shape index (κ2) is 7.23. The van der Waals surface area contributed by atoms with Gasteiger partial charge < -0.3 is 10.2 Å². The molecule has 0 saturated heterocycles. The molecule has 1 unspecified atom stereocenters. The van der Waals surface area contributed by atoms with Crippen LogP contribution in [0.3, 0.4) is 0 Å². The van der Waals surface area contributed by atoms with Crippen molar-refractivity contribution >= 4 is 11.7 Å². The van der Waals surface area contributed by atoms with E-state index in [1.807, 2.05) is 6.92 Å². The van der Waals surface area contributed by atoms with Gasteiger partial charge in [0.15, 0.2) is 17.5 Å². The molecule has 1 aliphatic heterocycles. The number of carbonyl (C=O) groups excluding carboxylic acids is 1. The molecule has 5 nitrogen and oxygen atoms in total. The van der Waals surface area contributed by atoms with Gasteiger partial charge in [0.05, 0.1) is 31.0 Å². The van der Waals surface area contributed by atoms with Crippen LogP contribution < -0.4 is 5.32 Å². The van der Waals surface area contributed by atoms with Gasteiger partial charge in [-0.2, -0.15) is 5.10 Å². The topological polar surface area (TPSA) is 50.2 Å². The van der Waals surface area contributed by atoms with Crippen LogP contribution in [-0.4, -0.2) is 26.8 Å².